The van der Waals surface area contributed by atoms with Crippen molar-refractivity contribution in [3.63, 3.8) is 0 Å². The summed E-state index contributed by atoms with van der Waals surface area (Å²) in [4.78, 5) is 4.44. The van der Waals surface area contributed by atoms with Crippen LogP contribution in [0.4, 0.5) is 10.8 Å². The fourth-order valence-electron chi connectivity index (χ4n) is 1.78. The summed E-state index contributed by atoms with van der Waals surface area (Å²) in [5.41, 5.74) is 7.61. The molecular formula is C12H18N4O2S2. The van der Waals surface area contributed by atoms with Crippen LogP contribution < -0.4 is 11.1 Å². The van der Waals surface area contributed by atoms with E-state index in [-0.39, 0.29) is 0 Å². The van der Waals surface area contributed by atoms with Crippen LogP contribution in [0.2, 0.25) is 0 Å². The molecule has 4 N–H and O–H groups in total. The maximum absolute atomic E-state index is 9.61. The highest BCUT2D eigenvalue weighted by Gasteiger charge is 2.16. The van der Waals surface area contributed by atoms with Crippen LogP contribution in [0, 0.1) is 6.92 Å². The molecule has 8 heteroatoms. The topological polar surface area (TPSA) is 93.3 Å². The van der Waals surface area contributed by atoms with E-state index in [0.717, 1.165) is 21.3 Å². The van der Waals surface area contributed by atoms with Gasteiger partial charge in [-0.2, -0.15) is 4.37 Å². The Balaban J connectivity index is 2.02. The van der Waals surface area contributed by atoms with E-state index in [4.69, 9.17) is 10.5 Å². The van der Waals surface area contributed by atoms with Gasteiger partial charge in [0.1, 0.15) is 10.8 Å². The van der Waals surface area contributed by atoms with Gasteiger partial charge in [-0.3, -0.25) is 0 Å². The molecule has 6 nitrogen and oxygen atoms in total. The Morgan fingerprint density at radius 3 is 3.00 bits per heavy atom. The minimum atomic E-state index is -0.470. The molecule has 0 saturated carbocycles. The number of hydrogen-bond acceptors (Lipinski definition) is 8. The number of aliphatic hydroxyl groups excluding tert-OH is 1. The van der Waals surface area contributed by atoms with Crippen LogP contribution in [-0.2, 0) is 4.74 Å². The number of nitrogen functional groups attached to an aromatic ring is 1. The van der Waals surface area contributed by atoms with Gasteiger partial charge in [-0.1, -0.05) is 0 Å². The molecule has 1 atom stereocenters. The zero-order valence-electron chi connectivity index (χ0n) is 11.4. The molecule has 0 amide bonds. The predicted molar refractivity (Wildman–Crippen MR) is 83.4 cm³/mol. The first kappa shape index (κ1) is 15.2. The number of nitrogens with two attached hydrogens (primary N) is 1. The molecule has 0 saturated heterocycles. The summed E-state index contributed by atoms with van der Waals surface area (Å²) in [5.74, 6) is 0.486. The van der Waals surface area contributed by atoms with Crippen molar-refractivity contribution in [3.05, 3.63) is 10.4 Å². The lowest BCUT2D eigenvalue weighted by Gasteiger charge is -2.10. The van der Waals surface area contributed by atoms with Crippen molar-refractivity contribution >= 4 is 33.7 Å². The minimum absolute atomic E-state index is 0.338. The summed E-state index contributed by atoms with van der Waals surface area (Å²) in [6, 6.07) is 0. The molecule has 0 aliphatic rings. The highest BCUT2D eigenvalue weighted by atomic mass is 32.1. The van der Waals surface area contributed by atoms with Crippen molar-refractivity contribution in [3.8, 4) is 11.3 Å². The van der Waals surface area contributed by atoms with E-state index in [1.54, 1.807) is 18.4 Å². The summed E-state index contributed by atoms with van der Waals surface area (Å²) >= 11 is 2.89. The Hall–Kier alpha value is -1.22. The first-order valence-corrected chi connectivity index (χ1v) is 7.85. The fraction of sp³-hybridized carbons (Fsp3) is 0.500. The molecule has 0 bridgehead atoms. The number of anilines is 2. The summed E-state index contributed by atoms with van der Waals surface area (Å²) in [5, 5.41) is 16.7. The third-order valence-electron chi connectivity index (χ3n) is 2.72. The van der Waals surface area contributed by atoms with Gasteiger partial charge in [-0.15, -0.1) is 11.3 Å². The number of aryl methyl sites for hydroxylation is 1. The molecule has 2 rings (SSSR count). The lowest BCUT2D eigenvalue weighted by atomic mass is 10.2. The summed E-state index contributed by atoms with van der Waals surface area (Å²) in [6.07, 6.45) is 0.129. The van der Waals surface area contributed by atoms with E-state index >= 15 is 0 Å². The van der Waals surface area contributed by atoms with Crippen LogP contribution in [0.3, 0.4) is 0 Å². The second kappa shape index (κ2) is 6.98. The number of thiazole rings is 1. The molecule has 2 aromatic rings. The number of rotatable bonds is 7. The zero-order valence-corrected chi connectivity index (χ0v) is 13.1. The van der Waals surface area contributed by atoms with Gasteiger partial charge in [0.05, 0.1) is 29.0 Å². The van der Waals surface area contributed by atoms with Gasteiger partial charge in [-0.25, -0.2) is 4.98 Å². The van der Waals surface area contributed by atoms with Gasteiger partial charge >= 0.3 is 0 Å². The lowest BCUT2D eigenvalue weighted by Crippen LogP contribution is -2.18. The van der Waals surface area contributed by atoms with Crippen molar-refractivity contribution in [1.82, 2.24) is 9.36 Å². The van der Waals surface area contributed by atoms with Crippen LogP contribution in [-0.4, -0.2) is 40.8 Å². The second-order valence-corrected chi connectivity index (χ2v) is 6.18. The molecular weight excluding hydrogens is 296 g/mol. The van der Waals surface area contributed by atoms with Crippen molar-refractivity contribution in [2.45, 2.75) is 19.4 Å². The van der Waals surface area contributed by atoms with Gasteiger partial charge in [0.2, 0.25) is 0 Å². The van der Waals surface area contributed by atoms with Gasteiger partial charge in [0, 0.05) is 19.0 Å². The van der Waals surface area contributed by atoms with Crippen LogP contribution in [0.5, 0.6) is 0 Å². The average Bonchev–Trinajstić information content (AvgIpc) is 2.96. The molecule has 1 unspecified atom stereocenters. The first-order chi connectivity index (χ1) is 9.61. The Labute approximate surface area is 125 Å². The van der Waals surface area contributed by atoms with Crippen LogP contribution in [0.15, 0.2) is 5.38 Å². The molecule has 0 aliphatic heterocycles. The Morgan fingerprint density at radius 2 is 2.35 bits per heavy atom. The number of hydrogen-bond donors (Lipinski definition) is 3. The van der Waals surface area contributed by atoms with E-state index in [9.17, 15) is 5.11 Å². The number of ether oxygens (including phenoxy) is 1. The molecule has 0 spiro atoms. The average molecular weight is 314 g/mol. The van der Waals surface area contributed by atoms with Crippen molar-refractivity contribution in [2.24, 2.45) is 0 Å². The number of aromatic nitrogens is 2. The third kappa shape index (κ3) is 3.66. The Morgan fingerprint density at radius 1 is 1.55 bits per heavy atom. The van der Waals surface area contributed by atoms with E-state index in [1.807, 2.05) is 12.3 Å². The molecule has 20 heavy (non-hydrogen) atoms. The quantitative estimate of drug-likeness (QED) is 0.723. The number of nitrogens with one attached hydrogen (secondary N) is 1. The normalized spacial score (nSPS) is 12.6. The first-order valence-electron chi connectivity index (χ1n) is 6.20. The third-order valence-corrected chi connectivity index (χ3v) is 4.31. The van der Waals surface area contributed by atoms with Gasteiger partial charge in [0.25, 0.3) is 0 Å². The molecule has 0 radical (unpaired) electrons. The van der Waals surface area contributed by atoms with Gasteiger partial charge in [-0.05, 0) is 24.9 Å². The Bertz CT molecular complexity index is 555. The van der Waals surface area contributed by atoms with E-state index < -0.39 is 6.10 Å². The van der Waals surface area contributed by atoms with Crippen LogP contribution >= 0.6 is 22.9 Å². The van der Waals surface area contributed by atoms with Crippen LogP contribution in [0.25, 0.3) is 11.3 Å². The van der Waals surface area contributed by atoms with Crippen LogP contribution in [0.1, 0.15) is 11.4 Å². The summed E-state index contributed by atoms with van der Waals surface area (Å²) in [6.45, 7) is 2.92. The van der Waals surface area contributed by atoms with Gasteiger partial charge < -0.3 is 20.9 Å². The molecule has 2 aromatic heterocycles. The maximum Gasteiger partial charge on any atom is 0.148 e. The second-order valence-electron chi connectivity index (χ2n) is 4.35. The SMILES string of the molecule is COCC(O)CCNc1snc(N)c1-c1csc(C)n1. The lowest BCUT2D eigenvalue weighted by molar-refractivity contribution is 0.0615. The van der Waals surface area contributed by atoms with Crippen molar-refractivity contribution < 1.29 is 9.84 Å². The summed E-state index contributed by atoms with van der Waals surface area (Å²) in [7, 11) is 1.57. The molecule has 0 fully saturated rings. The van der Waals surface area contributed by atoms with E-state index in [2.05, 4.69) is 14.7 Å². The molecule has 0 aromatic carbocycles. The number of aliphatic hydroxyl groups is 1. The number of nitrogens with zero attached hydrogens (tertiary/aromatic N) is 2. The maximum atomic E-state index is 9.61. The fourth-order valence-corrected chi connectivity index (χ4v) is 3.13. The summed E-state index contributed by atoms with van der Waals surface area (Å²) < 4.78 is 9.06. The minimum Gasteiger partial charge on any atom is -0.391 e. The molecule has 110 valence electrons. The smallest absolute Gasteiger partial charge is 0.148 e. The Kier molecular flexibility index (Phi) is 5.30. The predicted octanol–water partition coefficient (Wildman–Crippen LogP) is 1.97. The largest absolute Gasteiger partial charge is 0.391 e. The number of methoxy groups -OCH3 is 1. The monoisotopic (exact) mass is 314 g/mol. The van der Waals surface area contributed by atoms with Crippen molar-refractivity contribution in [1.29, 1.82) is 0 Å². The van der Waals surface area contributed by atoms with E-state index in [1.165, 1.54) is 11.5 Å². The van der Waals surface area contributed by atoms with E-state index in [0.29, 0.717) is 25.4 Å². The zero-order chi connectivity index (χ0) is 14.5. The highest BCUT2D eigenvalue weighted by Crippen LogP contribution is 2.36. The van der Waals surface area contributed by atoms with Crippen molar-refractivity contribution in [2.75, 3.05) is 31.3 Å². The highest BCUT2D eigenvalue weighted by molar-refractivity contribution is 7.11. The molecule has 2 heterocycles. The molecule has 0 aliphatic carbocycles. The van der Waals surface area contributed by atoms with Gasteiger partial charge in [0.15, 0.2) is 0 Å². The standard InChI is InChI=1S/C12H18N4O2S2/c1-7-15-9(6-19-7)10-11(13)16-20-12(10)14-4-3-8(17)5-18-2/h6,8,14,17H,3-5H2,1-2H3,(H2,13,16).